The average Bonchev–Trinajstić information content (AvgIpc) is 3.19. The minimum absolute atomic E-state index is 0.0997. The molecule has 8 heteroatoms. The number of thioether (sulfide) groups is 1. The van der Waals surface area contributed by atoms with Gasteiger partial charge in [-0.3, -0.25) is 9.59 Å². The first kappa shape index (κ1) is 20.2. The van der Waals surface area contributed by atoms with Crippen LogP contribution in [0.1, 0.15) is 30.5 Å². The second-order valence-corrected chi connectivity index (χ2v) is 8.06. The van der Waals surface area contributed by atoms with Gasteiger partial charge in [0.05, 0.1) is 28.0 Å². The number of aryl methyl sites for hydroxylation is 1. The highest BCUT2D eigenvalue weighted by Gasteiger charge is 2.18. The lowest BCUT2D eigenvalue weighted by Crippen LogP contribution is -2.30. The minimum atomic E-state index is -0.194. The van der Waals surface area contributed by atoms with Crippen molar-refractivity contribution in [2.45, 2.75) is 25.3 Å². The summed E-state index contributed by atoms with van der Waals surface area (Å²) in [5, 5.41) is 3.63. The fourth-order valence-electron chi connectivity index (χ4n) is 3.40. The third-order valence-electron chi connectivity index (χ3n) is 4.93. The number of fused-ring (bicyclic) bond motifs is 2. The maximum absolute atomic E-state index is 12.6. The molecule has 7 nitrogen and oxygen atoms in total. The maximum atomic E-state index is 12.6. The van der Waals surface area contributed by atoms with Crippen LogP contribution in [0.15, 0.2) is 53.3 Å². The van der Waals surface area contributed by atoms with Crippen LogP contribution in [0.2, 0.25) is 0 Å². The van der Waals surface area contributed by atoms with Crippen LogP contribution in [0, 0.1) is 0 Å². The van der Waals surface area contributed by atoms with Crippen molar-refractivity contribution >= 4 is 39.6 Å². The Morgan fingerprint density at radius 3 is 2.63 bits per heavy atom. The Kier molecular flexibility index (Phi) is 6.13. The molecule has 2 heterocycles. The van der Waals surface area contributed by atoms with Gasteiger partial charge in [0.25, 0.3) is 5.56 Å². The normalized spacial score (nSPS) is 12.3. The molecule has 3 N–H and O–H groups in total. The van der Waals surface area contributed by atoms with Gasteiger partial charge in [-0.1, -0.05) is 24.3 Å². The lowest BCUT2D eigenvalue weighted by molar-refractivity contribution is -0.121. The Hall–Kier alpha value is -3.13. The smallest absolute Gasteiger partial charge is 0.258 e. The van der Waals surface area contributed by atoms with E-state index in [1.807, 2.05) is 36.6 Å². The van der Waals surface area contributed by atoms with E-state index in [1.54, 1.807) is 30.0 Å². The zero-order chi connectivity index (χ0) is 20.9. The van der Waals surface area contributed by atoms with Crippen molar-refractivity contribution in [2.75, 3.05) is 12.0 Å². The summed E-state index contributed by atoms with van der Waals surface area (Å²) in [7, 11) is 0. The van der Waals surface area contributed by atoms with Gasteiger partial charge in [-0.2, -0.15) is 11.8 Å². The van der Waals surface area contributed by atoms with Crippen molar-refractivity contribution in [1.29, 1.82) is 0 Å². The molecule has 0 radical (unpaired) electrons. The summed E-state index contributed by atoms with van der Waals surface area (Å²) >= 11 is 1.73. The van der Waals surface area contributed by atoms with Crippen molar-refractivity contribution in [2.24, 2.45) is 0 Å². The van der Waals surface area contributed by atoms with Crippen LogP contribution >= 0.6 is 11.8 Å². The molecule has 30 heavy (non-hydrogen) atoms. The van der Waals surface area contributed by atoms with Crippen LogP contribution in [-0.4, -0.2) is 37.9 Å². The molecular formula is C22H23N5O2S. The number of nitrogens with one attached hydrogen (secondary N) is 3. The molecule has 0 aliphatic carbocycles. The SMILES string of the molecule is CSCC[C@@H](NC(=O)CCc1nc2ccccc2c(=O)[nH]1)c1nc2ccccc2[nH]1. The number of H-pyrrole nitrogens is 2. The molecule has 1 amide bonds. The summed E-state index contributed by atoms with van der Waals surface area (Å²) in [6.45, 7) is 0. The summed E-state index contributed by atoms with van der Waals surface area (Å²) in [4.78, 5) is 40.0. The van der Waals surface area contributed by atoms with E-state index in [1.165, 1.54) is 0 Å². The van der Waals surface area contributed by atoms with Crippen molar-refractivity contribution in [3.05, 3.63) is 70.5 Å². The zero-order valence-electron chi connectivity index (χ0n) is 16.6. The van der Waals surface area contributed by atoms with Crippen molar-refractivity contribution < 1.29 is 4.79 Å². The average molecular weight is 422 g/mol. The number of aromatic nitrogens is 4. The first-order valence-corrected chi connectivity index (χ1v) is 11.2. The fourth-order valence-corrected chi connectivity index (χ4v) is 3.87. The molecule has 0 saturated heterocycles. The second kappa shape index (κ2) is 9.13. The monoisotopic (exact) mass is 421 g/mol. The number of imidazole rings is 1. The molecular weight excluding hydrogens is 398 g/mol. The lowest BCUT2D eigenvalue weighted by atomic mass is 10.2. The Balaban J connectivity index is 1.45. The number of para-hydroxylation sites is 3. The molecule has 4 aromatic rings. The molecule has 0 spiro atoms. The first-order chi connectivity index (χ1) is 14.6. The van der Waals surface area contributed by atoms with Gasteiger partial charge in [0.1, 0.15) is 11.6 Å². The topological polar surface area (TPSA) is 104 Å². The van der Waals surface area contributed by atoms with E-state index in [0.29, 0.717) is 23.1 Å². The molecule has 0 saturated carbocycles. The van der Waals surface area contributed by atoms with Gasteiger partial charge in [0.2, 0.25) is 5.91 Å². The molecule has 0 unspecified atom stereocenters. The van der Waals surface area contributed by atoms with Crippen molar-refractivity contribution in [3.8, 4) is 0 Å². The molecule has 154 valence electrons. The molecule has 2 aromatic heterocycles. The predicted molar refractivity (Wildman–Crippen MR) is 121 cm³/mol. The van der Waals surface area contributed by atoms with Gasteiger partial charge >= 0.3 is 0 Å². The number of aromatic amines is 2. The van der Waals surface area contributed by atoms with E-state index in [0.717, 1.165) is 29.0 Å². The quantitative estimate of drug-likeness (QED) is 0.405. The number of rotatable bonds is 8. The van der Waals surface area contributed by atoms with Gasteiger partial charge in [-0.15, -0.1) is 0 Å². The zero-order valence-corrected chi connectivity index (χ0v) is 17.5. The van der Waals surface area contributed by atoms with Crippen LogP contribution in [0.3, 0.4) is 0 Å². The number of amides is 1. The predicted octanol–water partition coefficient (Wildman–Crippen LogP) is 3.34. The Labute approximate surface area is 177 Å². The first-order valence-electron chi connectivity index (χ1n) is 9.85. The Bertz CT molecular complexity index is 1200. The largest absolute Gasteiger partial charge is 0.346 e. The molecule has 2 aromatic carbocycles. The molecule has 1 atom stereocenters. The number of nitrogens with zero attached hydrogens (tertiary/aromatic N) is 2. The third kappa shape index (κ3) is 4.54. The van der Waals surface area contributed by atoms with E-state index in [4.69, 9.17) is 0 Å². The number of hydrogen-bond donors (Lipinski definition) is 3. The fraction of sp³-hybridized carbons (Fsp3) is 0.273. The van der Waals surface area contributed by atoms with Crippen LogP contribution in [0.5, 0.6) is 0 Å². The summed E-state index contributed by atoms with van der Waals surface area (Å²) in [6, 6.07) is 14.8. The molecule has 0 fully saturated rings. The molecule has 0 bridgehead atoms. The highest BCUT2D eigenvalue weighted by atomic mass is 32.2. The van der Waals surface area contributed by atoms with Crippen molar-refractivity contribution in [3.63, 3.8) is 0 Å². The summed E-state index contributed by atoms with van der Waals surface area (Å²) in [6.07, 6.45) is 3.41. The van der Waals surface area contributed by atoms with Gasteiger partial charge < -0.3 is 15.3 Å². The van der Waals surface area contributed by atoms with E-state index < -0.39 is 0 Å². The highest BCUT2D eigenvalue weighted by Crippen LogP contribution is 2.20. The minimum Gasteiger partial charge on any atom is -0.346 e. The van der Waals surface area contributed by atoms with E-state index in [2.05, 4.69) is 25.3 Å². The summed E-state index contributed by atoms with van der Waals surface area (Å²) in [5.74, 6) is 2.08. The maximum Gasteiger partial charge on any atom is 0.258 e. The summed E-state index contributed by atoms with van der Waals surface area (Å²) in [5.41, 5.74) is 2.29. The third-order valence-corrected chi connectivity index (χ3v) is 5.58. The number of carbonyl (C=O) groups excluding carboxylic acids is 1. The highest BCUT2D eigenvalue weighted by molar-refractivity contribution is 7.98. The molecule has 0 aliphatic heterocycles. The van der Waals surface area contributed by atoms with Gasteiger partial charge in [-0.25, -0.2) is 9.97 Å². The standard InChI is InChI=1S/C22H23N5O2S/c1-30-13-12-18(21-25-16-8-4-5-9-17(16)26-21)24-20(28)11-10-19-23-15-7-3-2-6-14(15)22(29)27-19/h2-9,18H,10-13H2,1H3,(H,24,28)(H,25,26)(H,23,27,29)/t18-/m1/s1. The van der Waals surface area contributed by atoms with E-state index in [-0.39, 0.29) is 23.9 Å². The van der Waals surface area contributed by atoms with Gasteiger partial charge in [0.15, 0.2) is 0 Å². The van der Waals surface area contributed by atoms with Crippen LogP contribution in [0.4, 0.5) is 0 Å². The Morgan fingerprint density at radius 2 is 1.83 bits per heavy atom. The Morgan fingerprint density at radius 1 is 1.07 bits per heavy atom. The van der Waals surface area contributed by atoms with Crippen LogP contribution in [-0.2, 0) is 11.2 Å². The van der Waals surface area contributed by atoms with Crippen LogP contribution in [0.25, 0.3) is 21.9 Å². The molecule has 0 aliphatic rings. The van der Waals surface area contributed by atoms with E-state index in [9.17, 15) is 9.59 Å². The van der Waals surface area contributed by atoms with E-state index >= 15 is 0 Å². The second-order valence-electron chi connectivity index (χ2n) is 7.07. The van der Waals surface area contributed by atoms with Gasteiger partial charge in [-0.05, 0) is 42.7 Å². The lowest BCUT2D eigenvalue weighted by Gasteiger charge is -2.16. The number of benzene rings is 2. The molecule has 4 rings (SSSR count). The number of carbonyl (C=O) groups is 1. The van der Waals surface area contributed by atoms with Crippen LogP contribution < -0.4 is 10.9 Å². The van der Waals surface area contributed by atoms with Gasteiger partial charge in [0, 0.05) is 12.8 Å². The number of hydrogen-bond acceptors (Lipinski definition) is 5. The van der Waals surface area contributed by atoms with Crippen molar-refractivity contribution in [1.82, 2.24) is 25.3 Å². The summed E-state index contributed by atoms with van der Waals surface area (Å²) < 4.78 is 0.